The van der Waals surface area contributed by atoms with Gasteiger partial charge in [-0.2, -0.15) is 0 Å². The third-order valence-corrected chi connectivity index (χ3v) is 5.66. The summed E-state index contributed by atoms with van der Waals surface area (Å²) in [5.74, 6) is 0.0473. The third-order valence-electron chi connectivity index (χ3n) is 5.66. The molecule has 1 atom stereocenters. The lowest BCUT2D eigenvalue weighted by molar-refractivity contribution is -0.136. The van der Waals surface area contributed by atoms with Gasteiger partial charge < -0.3 is 25.0 Å². The standard InChI is InChI=1S/C22H33N3O4/c1-22(2)10-9-17(21(27)24-22)20(26)23-16-7-8-18(28-3)19(15-16)29-14-6-13-25-11-4-5-12-25/h7-8,15,17H,4-6,9-14H2,1-3H3,(H,23,26)(H,24,27). The molecule has 0 saturated carbocycles. The topological polar surface area (TPSA) is 79.9 Å². The summed E-state index contributed by atoms with van der Waals surface area (Å²) in [5.41, 5.74) is 0.340. The molecule has 7 heteroatoms. The van der Waals surface area contributed by atoms with E-state index in [4.69, 9.17) is 9.47 Å². The van der Waals surface area contributed by atoms with Crippen LogP contribution in [-0.4, -0.2) is 55.6 Å². The summed E-state index contributed by atoms with van der Waals surface area (Å²) in [7, 11) is 1.60. The number of hydrogen-bond donors (Lipinski definition) is 2. The molecule has 0 aliphatic carbocycles. The molecular weight excluding hydrogens is 370 g/mol. The van der Waals surface area contributed by atoms with Crippen LogP contribution in [0.5, 0.6) is 11.5 Å². The van der Waals surface area contributed by atoms with E-state index in [2.05, 4.69) is 15.5 Å². The summed E-state index contributed by atoms with van der Waals surface area (Å²) in [5, 5.41) is 5.76. The van der Waals surface area contributed by atoms with Crippen LogP contribution in [0.25, 0.3) is 0 Å². The van der Waals surface area contributed by atoms with Gasteiger partial charge >= 0.3 is 0 Å². The zero-order valence-corrected chi connectivity index (χ0v) is 17.8. The number of nitrogens with one attached hydrogen (secondary N) is 2. The molecule has 0 bridgehead atoms. The van der Waals surface area contributed by atoms with E-state index >= 15 is 0 Å². The van der Waals surface area contributed by atoms with Gasteiger partial charge in [0, 0.05) is 23.8 Å². The van der Waals surface area contributed by atoms with Crippen LogP contribution < -0.4 is 20.1 Å². The molecular formula is C22H33N3O4. The monoisotopic (exact) mass is 403 g/mol. The predicted octanol–water partition coefficient (Wildman–Crippen LogP) is 2.80. The first kappa shape index (κ1) is 21.4. The molecule has 0 spiro atoms. The van der Waals surface area contributed by atoms with Crippen LogP contribution in [-0.2, 0) is 9.59 Å². The van der Waals surface area contributed by atoms with E-state index in [9.17, 15) is 9.59 Å². The zero-order chi connectivity index (χ0) is 20.9. The minimum atomic E-state index is -0.671. The van der Waals surface area contributed by atoms with Gasteiger partial charge in [0.1, 0.15) is 5.92 Å². The molecule has 2 N–H and O–H groups in total. The number of amides is 2. The van der Waals surface area contributed by atoms with Gasteiger partial charge in [0.05, 0.1) is 13.7 Å². The van der Waals surface area contributed by atoms with Crippen molar-refractivity contribution in [3.63, 3.8) is 0 Å². The maximum absolute atomic E-state index is 12.6. The van der Waals surface area contributed by atoms with E-state index in [-0.39, 0.29) is 17.4 Å². The Kier molecular flexibility index (Phi) is 7.00. The van der Waals surface area contributed by atoms with Crippen LogP contribution >= 0.6 is 0 Å². The van der Waals surface area contributed by atoms with Crippen LogP contribution in [0.15, 0.2) is 18.2 Å². The Morgan fingerprint density at radius 3 is 2.72 bits per heavy atom. The van der Waals surface area contributed by atoms with E-state index in [0.29, 0.717) is 30.2 Å². The number of carbonyl (C=O) groups excluding carboxylic acids is 2. The minimum absolute atomic E-state index is 0.217. The van der Waals surface area contributed by atoms with Crippen molar-refractivity contribution in [1.82, 2.24) is 10.2 Å². The van der Waals surface area contributed by atoms with Crippen LogP contribution in [0.2, 0.25) is 0 Å². The van der Waals surface area contributed by atoms with Gasteiger partial charge in [0.15, 0.2) is 11.5 Å². The third kappa shape index (κ3) is 5.85. The Balaban J connectivity index is 1.56. The lowest BCUT2D eigenvalue weighted by Crippen LogP contribution is -2.53. The number of benzene rings is 1. The van der Waals surface area contributed by atoms with Gasteiger partial charge in [-0.05, 0) is 71.2 Å². The van der Waals surface area contributed by atoms with Crippen molar-refractivity contribution in [1.29, 1.82) is 0 Å². The maximum Gasteiger partial charge on any atom is 0.236 e. The summed E-state index contributed by atoms with van der Waals surface area (Å²) < 4.78 is 11.3. The van der Waals surface area contributed by atoms with E-state index in [0.717, 1.165) is 19.4 Å². The SMILES string of the molecule is COc1ccc(NC(=O)C2CCC(C)(C)NC2=O)cc1OCCCN1CCCC1. The van der Waals surface area contributed by atoms with Crippen molar-refractivity contribution in [2.24, 2.45) is 5.92 Å². The molecule has 3 rings (SSSR count). The lowest BCUT2D eigenvalue weighted by atomic mass is 9.86. The average Bonchev–Trinajstić information content (AvgIpc) is 3.18. The molecule has 2 saturated heterocycles. The summed E-state index contributed by atoms with van der Waals surface area (Å²) in [6, 6.07) is 5.30. The molecule has 29 heavy (non-hydrogen) atoms. The smallest absolute Gasteiger partial charge is 0.236 e. The second kappa shape index (κ2) is 9.48. The van der Waals surface area contributed by atoms with Crippen molar-refractivity contribution in [3.8, 4) is 11.5 Å². The first-order chi connectivity index (χ1) is 13.9. The number of ether oxygens (including phenoxy) is 2. The summed E-state index contributed by atoms with van der Waals surface area (Å²) in [6.07, 6.45) is 4.82. The molecule has 7 nitrogen and oxygen atoms in total. The normalized spacial score (nSPS) is 21.5. The lowest BCUT2D eigenvalue weighted by Gasteiger charge is -2.34. The van der Waals surface area contributed by atoms with Gasteiger partial charge in [0.2, 0.25) is 11.8 Å². The van der Waals surface area contributed by atoms with Crippen molar-refractivity contribution in [3.05, 3.63) is 18.2 Å². The van der Waals surface area contributed by atoms with E-state index < -0.39 is 5.92 Å². The Hall–Kier alpha value is -2.28. The van der Waals surface area contributed by atoms with E-state index in [1.807, 2.05) is 13.8 Å². The fourth-order valence-electron chi connectivity index (χ4n) is 3.94. The van der Waals surface area contributed by atoms with Gasteiger partial charge in [-0.25, -0.2) is 0 Å². The Morgan fingerprint density at radius 1 is 1.28 bits per heavy atom. The van der Waals surface area contributed by atoms with E-state index in [1.165, 1.54) is 25.9 Å². The number of piperidine rings is 1. The van der Waals surface area contributed by atoms with Crippen molar-refractivity contribution >= 4 is 17.5 Å². The highest BCUT2D eigenvalue weighted by Crippen LogP contribution is 2.31. The number of likely N-dealkylation sites (tertiary alicyclic amines) is 1. The maximum atomic E-state index is 12.6. The largest absolute Gasteiger partial charge is 0.493 e. The second-order valence-electron chi connectivity index (χ2n) is 8.57. The molecule has 2 amide bonds. The fraction of sp³-hybridized carbons (Fsp3) is 0.636. The van der Waals surface area contributed by atoms with Crippen LogP contribution in [0.4, 0.5) is 5.69 Å². The Labute approximate surface area is 173 Å². The number of carbonyl (C=O) groups is 2. The molecule has 1 unspecified atom stereocenters. The molecule has 160 valence electrons. The molecule has 2 aliphatic rings. The highest BCUT2D eigenvalue weighted by atomic mass is 16.5. The first-order valence-corrected chi connectivity index (χ1v) is 10.5. The van der Waals surface area contributed by atoms with Gasteiger partial charge in [0.25, 0.3) is 0 Å². The number of hydrogen-bond acceptors (Lipinski definition) is 5. The number of methoxy groups -OCH3 is 1. The predicted molar refractivity (Wildman–Crippen MR) is 112 cm³/mol. The van der Waals surface area contributed by atoms with Crippen LogP contribution in [0.3, 0.4) is 0 Å². The molecule has 0 aromatic heterocycles. The van der Waals surface area contributed by atoms with Crippen LogP contribution in [0.1, 0.15) is 46.0 Å². The zero-order valence-electron chi connectivity index (χ0n) is 17.8. The summed E-state index contributed by atoms with van der Waals surface area (Å²) in [6.45, 7) is 7.91. The second-order valence-corrected chi connectivity index (χ2v) is 8.57. The van der Waals surface area contributed by atoms with E-state index in [1.54, 1.807) is 25.3 Å². The van der Waals surface area contributed by atoms with Gasteiger partial charge in [-0.15, -0.1) is 0 Å². The van der Waals surface area contributed by atoms with Crippen molar-refractivity contribution in [2.75, 3.05) is 38.7 Å². The van der Waals surface area contributed by atoms with Crippen molar-refractivity contribution < 1.29 is 19.1 Å². The number of nitrogens with zero attached hydrogens (tertiary/aromatic N) is 1. The average molecular weight is 404 g/mol. The molecule has 0 radical (unpaired) electrons. The molecule has 2 aliphatic heterocycles. The molecule has 2 fully saturated rings. The highest BCUT2D eigenvalue weighted by molar-refractivity contribution is 6.07. The summed E-state index contributed by atoms with van der Waals surface area (Å²) >= 11 is 0. The molecule has 1 aromatic carbocycles. The van der Waals surface area contributed by atoms with Crippen LogP contribution in [0, 0.1) is 5.92 Å². The first-order valence-electron chi connectivity index (χ1n) is 10.5. The quantitative estimate of drug-likeness (QED) is 0.515. The Morgan fingerprint density at radius 2 is 2.03 bits per heavy atom. The van der Waals surface area contributed by atoms with Gasteiger partial charge in [-0.3, -0.25) is 9.59 Å². The summed E-state index contributed by atoms with van der Waals surface area (Å²) in [4.78, 5) is 27.3. The fourth-order valence-corrected chi connectivity index (χ4v) is 3.94. The van der Waals surface area contributed by atoms with Crippen molar-refractivity contribution in [2.45, 2.75) is 51.5 Å². The highest BCUT2D eigenvalue weighted by Gasteiger charge is 2.36. The Bertz CT molecular complexity index is 729. The minimum Gasteiger partial charge on any atom is -0.493 e. The molecule has 2 heterocycles. The van der Waals surface area contributed by atoms with Gasteiger partial charge in [-0.1, -0.05) is 0 Å². The number of anilines is 1. The number of rotatable bonds is 8. The molecule has 1 aromatic rings.